The van der Waals surface area contributed by atoms with E-state index in [2.05, 4.69) is 0 Å². The van der Waals surface area contributed by atoms with Crippen molar-refractivity contribution in [2.75, 3.05) is 6.54 Å². The molecule has 0 bridgehead atoms. The number of alkyl halides is 1. The highest BCUT2D eigenvalue weighted by Gasteiger charge is 2.34. The molecular weight excluding hydrogens is 329 g/mol. The minimum Gasteiger partial charge on any atom is -0.207 e. The second-order valence-corrected chi connectivity index (χ2v) is 8.50. The molecule has 1 aliphatic rings. The van der Waals surface area contributed by atoms with Gasteiger partial charge in [0.25, 0.3) is 0 Å². The minimum atomic E-state index is -3.55. The fourth-order valence-electron chi connectivity index (χ4n) is 2.38. The van der Waals surface area contributed by atoms with Crippen molar-refractivity contribution in [3.8, 4) is 0 Å². The van der Waals surface area contributed by atoms with Gasteiger partial charge in [0.15, 0.2) is 0 Å². The van der Waals surface area contributed by atoms with Crippen molar-refractivity contribution in [2.45, 2.75) is 50.4 Å². The summed E-state index contributed by atoms with van der Waals surface area (Å²) in [7, 11) is -3.55. The van der Waals surface area contributed by atoms with E-state index in [9.17, 15) is 8.42 Å². The van der Waals surface area contributed by atoms with E-state index in [0.717, 1.165) is 18.4 Å². The third kappa shape index (κ3) is 3.73. The first kappa shape index (κ1) is 17.1. The molecule has 0 radical (unpaired) electrons. The Kier molecular flexibility index (Phi) is 5.24. The number of sulfonamides is 1. The van der Waals surface area contributed by atoms with Crippen molar-refractivity contribution in [3.05, 3.63) is 28.3 Å². The van der Waals surface area contributed by atoms with E-state index >= 15 is 0 Å². The molecule has 0 spiro atoms. The largest absolute Gasteiger partial charge is 0.243 e. The van der Waals surface area contributed by atoms with E-state index in [1.54, 1.807) is 17.3 Å². The highest BCUT2D eigenvalue weighted by Crippen LogP contribution is 2.34. The summed E-state index contributed by atoms with van der Waals surface area (Å²) in [6.45, 7) is 6.18. The molecule has 2 rings (SSSR count). The Bertz CT molecular complexity index is 625. The molecule has 118 valence electrons. The van der Waals surface area contributed by atoms with Crippen LogP contribution in [0.4, 0.5) is 0 Å². The van der Waals surface area contributed by atoms with Gasteiger partial charge in [-0.05, 0) is 62.8 Å². The quantitative estimate of drug-likeness (QED) is 0.721. The Morgan fingerprint density at radius 3 is 2.43 bits per heavy atom. The fourth-order valence-corrected chi connectivity index (χ4v) is 4.97. The summed E-state index contributed by atoms with van der Waals surface area (Å²) >= 11 is 12.0. The van der Waals surface area contributed by atoms with Crippen LogP contribution in [-0.2, 0) is 15.9 Å². The molecule has 0 N–H and O–H groups in total. The Labute approximate surface area is 137 Å². The first-order chi connectivity index (χ1) is 9.77. The van der Waals surface area contributed by atoms with E-state index in [-0.39, 0.29) is 16.8 Å². The molecule has 0 heterocycles. The fraction of sp³-hybridized carbons (Fsp3) is 0.600. The van der Waals surface area contributed by atoms with Gasteiger partial charge in [-0.1, -0.05) is 11.6 Å². The van der Waals surface area contributed by atoms with Gasteiger partial charge in [0.2, 0.25) is 10.0 Å². The number of rotatable bonds is 6. The zero-order valence-corrected chi connectivity index (χ0v) is 14.9. The van der Waals surface area contributed by atoms with Crippen LogP contribution in [0, 0.1) is 12.8 Å². The van der Waals surface area contributed by atoms with Crippen LogP contribution < -0.4 is 0 Å². The molecule has 3 nitrogen and oxygen atoms in total. The van der Waals surface area contributed by atoms with E-state index in [1.807, 2.05) is 13.8 Å². The number of nitrogens with zero attached hydrogens (tertiary/aromatic N) is 1. The lowest BCUT2D eigenvalue weighted by Gasteiger charge is -2.27. The number of halogens is 2. The van der Waals surface area contributed by atoms with E-state index in [1.165, 1.54) is 6.07 Å². The third-order valence-electron chi connectivity index (χ3n) is 3.87. The first-order valence-electron chi connectivity index (χ1n) is 7.14. The zero-order valence-electron chi connectivity index (χ0n) is 12.6. The predicted molar refractivity (Wildman–Crippen MR) is 87.5 cm³/mol. The standard InChI is InChI=1S/C15H21Cl2NO2S/c1-10(2)18(9-12-4-5-12)21(19,20)15-7-14(17)6-13(8-16)11(15)3/h6-7,10,12H,4-5,8-9H2,1-3H3. The lowest BCUT2D eigenvalue weighted by Crippen LogP contribution is -2.38. The summed E-state index contributed by atoms with van der Waals surface area (Å²) in [4.78, 5) is 0.278. The van der Waals surface area contributed by atoms with Gasteiger partial charge in [-0.15, -0.1) is 11.6 Å². The Balaban J connectivity index is 2.48. The predicted octanol–water partition coefficient (Wildman–Crippen LogP) is 4.20. The average molecular weight is 350 g/mol. The van der Waals surface area contributed by atoms with E-state index in [0.29, 0.717) is 23.0 Å². The summed E-state index contributed by atoms with van der Waals surface area (Å²) in [5, 5.41) is 0.407. The van der Waals surface area contributed by atoms with Crippen LogP contribution in [0.25, 0.3) is 0 Å². The molecule has 1 fully saturated rings. The molecule has 1 aliphatic carbocycles. The molecule has 6 heteroatoms. The van der Waals surface area contributed by atoms with Crippen LogP contribution in [0.5, 0.6) is 0 Å². The molecule has 1 saturated carbocycles. The number of benzene rings is 1. The lowest BCUT2D eigenvalue weighted by atomic mass is 10.1. The van der Waals surface area contributed by atoms with Gasteiger partial charge in [-0.3, -0.25) is 0 Å². The van der Waals surface area contributed by atoms with E-state index in [4.69, 9.17) is 23.2 Å². The summed E-state index contributed by atoms with van der Waals surface area (Å²) in [5.41, 5.74) is 1.45. The van der Waals surface area contributed by atoms with Gasteiger partial charge in [-0.2, -0.15) is 4.31 Å². The van der Waals surface area contributed by atoms with Gasteiger partial charge >= 0.3 is 0 Å². The van der Waals surface area contributed by atoms with E-state index < -0.39 is 10.0 Å². The Hall–Kier alpha value is -0.290. The Morgan fingerprint density at radius 2 is 1.95 bits per heavy atom. The van der Waals surface area contributed by atoms with Gasteiger partial charge < -0.3 is 0 Å². The van der Waals surface area contributed by atoms with Gasteiger partial charge in [-0.25, -0.2) is 8.42 Å². The lowest BCUT2D eigenvalue weighted by molar-refractivity contribution is 0.341. The monoisotopic (exact) mass is 349 g/mol. The molecule has 1 aromatic carbocycles. The van der Waals surface area contributed by atoms with Gasteiger partial charge in [0, 0.05) is 23.5 Å². The number of hydrogen-bond acceptors (Lipinski definition) is 2. The van der Waals surface area contributed by atoms with Crippen molar-refractivity contribution < 1.29 is 8.42 Å². The molecule has 0 saturated heterocycles. The van der Waals surface area contributed by atoms with Crippen LogP contribution in [0.1, 0.15) is 37.8 Å². The van der Waals surface area contributed by atoms with Crippen LogP contribution >= 0.6 is 23.2 Å². The van der Waals surface area contributed by atoms with Crippen molar-refractivity contribution in [3.63, 3.8) is 0 Å². The molecule has 0 aliphatic heterocycles. The average Bonchev–Trinajstić information content (AvgIpc) is 3.21. The maximum Gasteiger partial charge on any atom is 0.243 e. The van der Waals surface area contributed by atoms with Crippen molar-refractivity contribution in [1.82, 2.24) is 4.31 Å². The molecule has 0 amide bonds. The number of hydrogen-bond donors (Lipinski definition) is 0. The molecule has 0 atom stereocenters. The third-order valence-corrected chi connectivity index (χ3v) is 6.55. The van der Waals surface area contributed by atoms with Crippen LogP contribution in [0.2, 0.25) is 5.02 Å². The highest BCUT2D eigenvalue weighted by atomic mass is 35.5. The summed E-state index contributed by atoms with van der Waals surface area (Å²) in [6.07, 6.45) is 2.22. The molecule has 1 aromatic rings. The summed E-state index contributed by atoms with van der Waals surface area (Å²) in [5.74, 6) is 0.744. The smallest absolute Gasteiger partial charge is 0.207 e. The normalized spacial score (nSPS) is 16.0. The SMILES string of the molecule is Cc1c(CCl)cc(Cl)cc1S(=O)(=O)N(CC1CC1)C(C)C. The van der Waals surface area contributed by atoms with Gasteiger partial charge in [0.1, 0.15) is 0 Å². The summed E-state index contributed by atoms with van der Waals surface area (Å²) in [6, 6.07) is 3.18. The molecule has 0 aromatic heterocycles. The molecule has 21 heavy (non-hydrogen) atoms. The van der Waals surface area contributed by atoms with Crippen LogP contribution in [-0.4, -0.2) is 25.3 Å². The second kappa shape index (κ2) is 6.45. The minimum absolute atomic E-state index is 0.0755. The highest BCUT2D eigenvalue weighted by molar-refractivity contribution is 7.89. The molecule has 0 unspecified atom stereocenters. The first-order valence-corrected chi connectivity index (χ1v) is 9.49. The summed E-state index contributed by atoms with van der Waals surface area (Å²) < 4.78 is 27.6. The van der Waals surface area contributed by atoms with Crippen molar-refractivity contribution >= 4 is 33.2 Å². The molecular formula is C15H21Cl2NO2S. The van der Waals surface area contributed by atoms with Crippen molar-refractivity contribution in [1.29, 1.82) is 0 Å². The van der Waals surface area contributed by atoms with Crippen LogP contribution in [0.15, 0.2) is 17.0 Å². The maximum atomic E-state index is 13.0. The Morgan fingerprint density at radius 1 is 1.33 bits per heavy atom. The zero-order chi connectivity index (χ0) is 15.8. The van der Waals surface area contributed by atoms with Crippen LogP contribution in [0.3, 0.4) is 0 Å². The maximum absolute atomic E-state index is 13.0. The van der Waals surface area contributed by atoms with Gasteiger partial charge in [0.05, 0.1) is 4.90 Å². The van der Waals surface area contributed by atoms with Crippen molar-refractivity contribution in [2.24, 2.45) is 5.92 Å². The topological polar surface area (TPSA) is 37.4 Å². The second-order valence-electron chi connectivity index (χ2n) is 5.93.